The van der Waals surface area contributed by atoms with Crippen LogP contribution in [0.2, 0.25) is 0 Å². The molecular weight excluding hydrogens is 218 g/mol. The van der Waals surface area contributed by atoms with Crippen molar-refractivity contribution in [3.8, 4) is 0 Å². The molecule has 1 heterocycles. The number of unbranched alkanes of at least 4 members (excludes halogenated alkanes) is 1. The molecule has 5 heteroatoms. The van der Waals surface area contributed by atoms with Crippen molar-refractivity contribution in [2.24, 2.45) is 0 Å². The van der Waals surface area contributed by atoms with Gasteiger partial charge in [0.2, 0.25) is 5.91 Å². The molecule has 5 nitrogen and oxygen atoms in total. The lowest BCUT2D eigenvalue weighted by Gasteiger charge is -2.34. The number of rotatable bonds is 4. The number of carbonyl (C=O) groups is 2. The molecule has 1 rings (SSSR count). The first-order valence-electron chi connectivity index (χ1n) is 6.49. The highest BCUT2D eigenvalue weighted by molar-refractivity contribution is 5.77. The van der Waals surface area contributed by atoms with Crippen molar-refractivity contribution in [3.63, 3.8) is 0 Å². The SMILES string of the molecule is CCCCC(=O)N1CCN(C(=O)NCC)CC1. The van der Waals surface area contributed by atoms with Gasteiger partial charge in [0, 0.05) is 39.1 Å². The smallest absolute Gasteiger partial charge is 0.317 e. The molecule has 0 aromatic carbocycles. The Morgan fingerprint density at radius 1 is 1.06 bits per heavy atom. The molecular formula is C12H23N3O2. The van der Waals surface area contributed by atoms with E-state index in [1.54, 1.807) is 4.90 Å². The van der Waals surface area contributed by atoms with Gasteiger partial charge in [0.1, 0.15) is 0 Å². The molecule has 0 bridgehead atoms. The van der Waals surface area contributed by atoms with Gasteiger partial charge in [0.05, 0.1) is 0 Å². The summed E-state index contributed by atoms with van der Waals surface area (Å²) in [7, 11) is 0. The van der Waals surface area contributed by atoms with Gasteiger partial charge in [0.25, 0.3) is 0 Å². The minimum atomic E-state index is -0.0202. The quantitative estimate of drug-likeness (QED) is 0.800. The third kappa shape index (κ3) is 4.24. The number of nitrogens with zero attached hydrogens (tertiary/aromatic N) is 2. The highest BCUT2D eigenvalue weighted by Gasteiger charge is 2.23. The van der Waals surface area contributed by atoms with Crippen LogP contribution in [0, 0.1) is 0 Å². The van der Waals surface area contributed by atoms with Crippen LogP contribution < -0.4 is 5.32 Å². The average molecular weight is 241 g/mol. The molecule has 0 unspecified atom stereocenters. The van der Waals surface area contributed by atoms with Crippen LogP contribution in [-0.4, -0.2) is 54.5 Å². The van der Waals surface area contributed by atoms with Gasteiger partial charge in [-0.15, -0.1) is 0 Å². The summed E-state index contributed by atoms with van der Waals surface area (Å²) in [6, 6.07) is -0.0202. The maximum atomic E-state index is 11.8. The normalized spacial score (nSPS) is 15.9. The van der Waals surface area contributed by atoms with E-state index in [1.807, 2.05) is 11.8 Å². The van der Waals surface area contributed by atoms with E-state index in [0.29, 0.717) is 39.1 Å². The Hall–Kier alpha value is -1.26. The van der Waals surface area contributed by atoms with E-state index in [-0.39, 0.29) is 11.9 Å². The molecule has 0 aromatic heterocycles. The Morgan fingerprint density at radius 3 is 2.18 bits per heavy atom. The van der Waals surface area contributed by atoms with E-state index < -0.39 is 0 Å². The van der Waals surface area contributed by atoms with Crippen LogP contribution in [0.5, 0.6) is 0 Å². The van der Waals surface area contributed by atoms with Crippen molar-refractivity contribution >= 4 is 11.9 Å². The molecule has 0 atom stereocenters. The Kier molecular flexibility index (Phi) is 5.80. The zero-order chi connectivity index (χ0) is 12.7. The van der Waals surface area contributed by atoms with Crippen LogP contribution in [0.3, 0.4) is 0 Å². The third-order valence-corrected chi connectivity index (χ3v) is 2.99. The molecule has 1 aliphatic heterocycles. The summed E-state index contributed by atoms with van der Waals surface area (Å²) in [6.45, 7) is 7.25. The maximum absolute atomic E-state index is 11.8. The van der Waals surface area contributed by atoms with Crippen molar-refractivity contribution in [3.05, 3.63) is 0 Å². The average Bonchev–Trinajstić information content (AvgIpc) is 2.36. The van der Waals surface area contributed by atoms with E-state index in [4.69, 9.17) is 0 Å². The molecule has 0 saturated carbocycles. The van der Waals surface area contributed by atoms with Crippen LogP contribution in [-0.2, 0) is 4.79 Å². The fourth-order valence-corrected chi connectivity index (χ4v) is 1.91. The summed E-state index contributed by atoms with van der Waals surface area (Å²) in [5, 5.41) is 2.78. The number of piperazine rings is 1. The first-order chi connectivity index (χ1) is 8.19. The summed E-state index contributed by atoms with van der Waals surface area (Å²) in [5.74, 6) is 0.224. The summed E-state index contributed by atoms with van der Waals surface area (Å²) >= 11 is 0. The zero-order valence-corrected chi connectivity index (χ0v) is 10.9. The van der Waals surface area contributed by atoms with Gasteiger partial charge in [-0.2, -0.15) is 0 Å². The highest BCUT2D eigenvalue weighted by atomic mass is 16.2. The van der Waals surface area contributed by atoms with Crippen molar-refractivity contribution in [2.75, 3.05) is 32.7 Å². The Morgan fingerprint density at radius 2 is 1.65 bits per heavy atom. The molecule has 1 aliphatic rings. The van der Waals surface area contributed by atoms with E-state index in [1.165, 1.54) is 0 Å². The number of nitrogens with one attached hydrogen (secondary N) is 1. The van der Waals surface area contributed by atoms with Crippen LogP contribution in [0.15, 0.2) is 0 Å². The van der Waals surface area contributed by atoms with Crippen LogP contribution in [0.4, 0.5) is 4.79 Å². The summed E-state index contributed by atoms with van der Waals surface area (Å²) in [4.78, 5) is 27.0. The largest absolute Gasteiger partial charge is 0.339 e. The van der Waals surface area contributed by atoms with Gasteiger partial charge in [-0.05, 0) is 13.3 Å². The van der Waals surface area contributed by atoms with Gasteiger partial charge in [-0.1, -0.05) is 13.3 Å². The molecule has 0 spiro atoms. The predicted octanol–water partition coefficient (Wildman–Crippen LogP) is 1.05. The molecule has 98 valence electrons. The minimum absolute atomic E-state index is 0.0202. The molecule has 1 saturated heterocycles. The summed E-state index contributed by atoms with van der Waals surface area (Å²) in [6.07, 6.45) is 2.64. The maximum Gasteiger partial charge on any atom is 0.317 e. The molecule has 1 N–H and O–H groups in total. The standard InChI is InChI=1S/C12H23N3O2/c1-3-5-6-11(16)14-7-9-15(10-8-14)12(17)13-4-2/h3-10H2,1-2H3,(H,13,17). The number of hydrogen-bond donors (Lipinski definition) is 1. The molecule has 3 amide bonds. The first-order valence-corrected chi connectivity index (χ1v) is 6.49. The second kappa shape index (κ2) is 7.14. The molecule has 0 aliphatic carbocycles. The lowest BCUT2D eigenvalue weighted by atomic mass is 10.2. The lowest BCUT2D eigenvalue weighted by Crippen LogP contribution is -2.53. The number of amides is 3. The van der Waals surface area contributed by atoms with Crippen molar-refractivity contribution < 1.29 is 9.59 Å². The minimum Gasteiger partial charge on any atom is -0.339 e. The van der Waals surface area contributed by atoms with Crippen molar-refractivity contribution in [1.29, 1.82) is 0 Å². The second-order valence-corrected chi connectivity index (χ2v) is 4.31. The molecule has 0 radical (unpaired) electrons. The molecule has 1 fully saturated rings. The van der Waals surface area contributed by atoms with E-state index in [0.717, 1.165) is 12.8 Å². The van der Waals surface area contributed by atoms with Gasteiger partial charge >= 0.3 is 6.03 Å². The van der Waals surface area contributed by atoms with Crippen LogP contribution in [0.1, 0.15) is 33.1 Å². The zero-order valence-electron chi connectivity index (χ0n) is 10.9. The number of urea groups is 1. The van der Waals surface area contributed by atoms with Gasteiger partial charge in [-0.25, -0.2) is 4.79 Å². The monoisotopic (exact) mass is 241 g/mol. The van der Waals surface area contributed by atoms with E-state index >= 15 is 0 Å². The number of hydrogen-bond acceptors (Lipinski definition) is 2. The van der Waals surface area contributed by atoms with Crippen molar-refractivity contribution in [2.45, 2.75) is 33.1 Å². The number of carbonyl (C=O) groups excluding carboxylic acids is 2. The van der Waals surface area contributed by atoms with Crippen LogP contribution >= 0.6 is 0 Å². The van der Waals surface area contributed by atoms with Gasteiger partial charge in [-0.3, -0.25) is 4.79 Å². The Balaban J connectivity index is 2.30. The fourth-order valence-electron chi connectivity index (χ4n) is 1.91. The summed E-state index contributed by atoms with van der Waals surface area (Å²) < 4.78 is 0. The Labute approximate surface area is 103 Å². The third-order valence-electron chi connectivity index (χ3n) is 2.99. The fraction of sp³-hybridized carbons (Fsp3) is 0.833. The topological polar surface area (TPSA) is 52.7 Å². The van der Waals surface area contributed by atoms with Gasteiger partial charge < -0.3 is 15.1 Å². The second-order valence-electron chi connectivity index (χ2n) is 4.31. The van der Waals surface area contributed by atoms with Gasteiger partial charge in [0.15, 0.2) is 0 Å². The highest BCUT2D eigenvalue weighted by Crippen LogP contribution is 2.06. The molecule has 0 aromatic rings. The Bertz CT molecular complexity index is 260. The van der Waals surface area contributed by atoms with Crippen LogP contribution in [0.25, 0.3) is 0 Å². The lowest BCUT2D eigenvalue weighted by molar-refractivity contribution is -0.132. The molecule has 17 heavy (non-hydrogen) atoms. The van der Waals surface area contributed by atoms with Crippen molar-refractivity contribution in [1.82, 2.24) is 15.1 Å². The van der Waals surface area contributed by atoms with E-state index in [2.05, 4.69) is 12.2 Å². The first kappa shape index (κ1) is 13.8. The predicted molar refractivity (Wildman–Crippen MR) is 66.8 cm³/mol. The van der Waals surface area contributed by atoms with E-state index in [9.17, 15) is 9.59 Å². The summed E-state index contributed by atoms with van der Waals surface area (Å²) in [5.41, 5.74) is 0.